The molecule has 0 unspecified atom stereocenters. The molecule has 0 N–H and O–H groups in total. The van der Waals surface area contributed by atoms with Crippen molar-refractivity contribution in [1.82, 2.24) is 0 Å². The van der Waals surface area contributed by atoms with E-state index in [0.29, 0.717) is 0 Å². The van der Waals surface area contributed by atoms with Crippen LogP contribution in [0.1, 0.15) is 55.9 Å². The van der Waals surface area contributed by atoms with Gasteiger partial charge in [0.05, 0.1) is 0 Å². The van der Waals surface area contributed by atoms with E-state index in [9.17, 15) is 0 Å². The van der Waals surface area contributed by atoms with Gasteiger partial charge in [-0.15, -0.1) is 0 Å². The van der Waals surface area contributed by atoms with E-state index in [2.05, 4.69) is 20.8 Å². The monoisotopic (exact) mass is 160 g/mol. The van der Waals surface area contributed by atoms with Crippen molar-refractivity contribution in [2.24, 2.45) is 5.92 Å². The zero-order chi connectivity index (χ0) is 7.70. The Hall–Kier alpha value is -0.260. The average Bonchev–Trinajstić information content (AvgIpc) is 1.89. The van der Waals surface area contributed by atoms with Crippen LogP contribution < -0.4 is 0 Å². The normalized spacial score (nSPS) is 7.82. The molecule has 11 heavy (non-hydrogen) atoms. The van der Waals surface area contributed by atoms with Crippen LogP contribution in [-0.2, 0) is 0 Å². The van der Waals surface area contributed by atoms with E-state index in [1.54, 1.807) is 0 Å². The quantitative estimate of drug-likeness (QED) is 0.478. The number of allylic oxidation sites excluding steroid dienone is 2. The SMILES string of the molecule is C.C.CC=CC.CCC(C)C. The molecule has 0 nitrogen and oxygen atoms in total. The molecule has 0 amide bonds. The van der Waals surface area contributed by atoms with Crippen molar-refractivity contribution < 1.29 is 0 Å². The molecule has 0 aromatic carbocycles. The summed E-state index contributed by atoms with van der Waals surface area (Å²) in [4.78, 5) is 0. The van der Waals surface area contributed by atoms with Gasteiger partial charge in [-0.2, -0.15) is 0 Å². The van der Waals surface area contributed by atoms with Gasteiger partial charge in [-0.25, -0.2) is 0 Å². The topological polar surface area (TPSA) is 0 Å². The predicted octanol–water partition coefficient (Wildman–Crippen LogP) is 4.91. The molecule has 0 spiro atoms. The highest BCUT2D eigenvalue weighted by Gasteiger charge is 1.80. The van der Waals surface area contributed by atoms with Gasteiger partial charge in [-0.3, -0.25) is 0 Å². The smallest absolute Gasteiger partial charge is 0.0470 e. The van der Waals surface area contributed by atoms with Gasteiger partial charge in [0.15, 0.2) is 0 Å². The summed E-state index contributed by atoms with van der Waals surface area (Å²) >= 11 is 0. The Balaban J connectivity index is -0.0000000383. The fraction of sp³-hybridized carbons (Fsp3) is 0.818. The lowest BCUT2D eigenvalue weighted by Crippen LogP contribution is -1.77. The van der Waals surface area contributed by atoms with E-state index < -0.39 is 0 Å². The second kappa shape index (κ2) is 22.6. The lowest BCUT2D eigenvalue weighted by molar-refractivity contribution is 0.626. The minimum Gasteiger partial charge on any atom is -0.0919 e. The number of hydrogen-bond donors (Lipinski definition) is 0. The van der Waals surface area contributed by atoms with Crippen molar-refractivity contribution in [3.8, 4) is 0 Å². The Labute approximate surface area is 74.7 Å². The third-order valence-corrected chi connectivity index (χ3v) is 1.15. The molecule has 0 aromatic rings. The summed E-state index contributed by atoms with van der Waals surface area (Å²) < 4.78 is 0. The van der Waals surface area contributed by atoms with E-state index in [0.717, 1.165) is 5.92 Å². The molecule has 0 aromatic heterocycles. The Morgan fingerprint density at radius 2 is 1.18 bits per heavy atom. The maximum absolute atomic E-state index is 2.22. The maximum atomic E-state index is 2.22. The van der Waals surface area contributed by atoms with E-state index in [1.807, 2.05) is 26.0 Å². The van der Waals surface area contributed by atoms with Gasteiger partial charge in [-0.1, -0.05) is 54.2 Å². The van der Waals surface area contributed by atoms with Gasteiger partial charge < -0.3 is 0 Å². The molecule has 0 saturated heterocycles. The first-order valence-corrected chi connectivity index (χ1v) is 3.76. The van der Waals surface area contributed by atoms with Crippen LogP contribution in [0.5, 0.6) is 0 Å². The highest BCUT2D eigenvalue weighted by molar-refractivity contribution is 4.68. The molecule has 72 valence electrons. The maximum Gasteiger partial charge on any atom is -0.0470 e. The predicted molar refractivity (Wildman–Crippen MR) is 59.1 cm³/mol. The lowest BCUT2D eigenvalue weighted by atomic mass is 10.2. The van der Waals surface area contributed by atoms with Crippen LogP contribution >= 0.6 is 0 Å². The first kappa shape index (κ1) is 22.4. The Kier molecular flexibility index (Phi) is 46.0. The van der Waals surface area contributed by atoms with Crippen molar-refractivity contribution in [1.29, 1.82) is 0 Å². The third-order valence-electron chi connectivity index (χ3n) is 1.15. The Morgan fingerprint density at radius 3 is 1.18 bits per heavy atom. The summed E-state index contributed by atoms with van der Waals surface area (Å²) in [6, 6.07) is 0. The molecule has 0 rings (SSSR count). The minimum atomic E-state index is 0. The van der Waals surface area contributed by atoms with Crippen molar-refractivity contribution in [3.05, 3.63) is 12.2 Å². The van der Waals surface area contributed by atoms with Crippen molar-refractivity contribution >= 4 is 0 Å². The van der Waals surface area contributed by atoms with E-state index in [1.165, 1.54) is 6.42 Å². The van der Waals surface area contributed by atoms with Gasteiger partial charge in [0.1, 0.15) is 0 Å². The van der Waals surface area contributed by atoms with Gasteiger partial charge in [0.2, 0.25) is 0 Å². The van der Waals surface area contributed by atoms with Crippen molar-refractivity contribution in [2.75, 3.05) is 0 Å². The first-order valence-electron chi connectivity index (χ1n) is 3.76. The number of hydrogen-bond acceptors (Lipinski definition) is 0. The van der Waals surface area contributed by atoms with E-state index in [4.69, 9.17) is 0 Å². The summed E-state index contributed by atoms with van der Waals surface area (Å²) in [6.07, 6.45) is 5.31. The molecule has 0 fully saturated rings. The molecular weight excluding hydrogens is 132 g/mol. The molecule has 0 aliphatic carbocycles. The fourth-order valence-corrected chi connectivity index (χ4v) is 0. The summed E-state index contributed by atoms with van der Waals surface area (Å²) in [5.74, 6) is 0.884. The summed E-state index contributed by atoms with van der Waals surface area (Å²) in [5.41, 5.74) is 0. The van der Waals surface area contributed by atoms with E-state index >= 15 is 0 Å². The van der Waals surface area contributed by atoms with Crippen LogP contribution in [0.15, 0.2) is 12.2 Å². The van der Waals surface area contributed by atoms with Crippen LogP contribution in [-0.4, -0.2) is 0 Å². The summed E-state index contributed by atoms with van der Waals surface area (Å²) in [7, 11) is 0. The highest BCUT2D eigenvalue weighted by atomic mass is 13.9. The standard InChI is InChI=1S/C5H12.C4H8.2CH4/c1-4-5(2)3;1-3-4-2;;/h5H,4H2,1-3H3;3-4H,1-2H3;2*1H4. The molecule has 0 heterocycles. The molecule has 0 heteroatoms. The van der Waals surface area contributed by atoms with E-state index in [-0.39, 0.29) is 14.9 Å². The van der Waals surface area contributed by atoms with Gasteiger partial charge in [-0.05, 0) is 19.8 Å². The Morgan fingerprint density at radius 1 is 1.00 bits per heavy atom. The second-order valence-electron chi connectivity index (χ2n) is 2.47. The largest absolute Gasteiger partial charge is 0.0919 e. The molecule has 0 aliphatic rings. The fourth-order valence-electron chi connectivity index (χ4n) is 0. The second-order valence-corrected chi connectivity index (χ2v) is 2.47. The zero-order valence-corrected chi connectivity index (χ0v) is 7.44. The van der Waals surface area contributed by atoms with Crippen molar-refractivity contribution in [3.63, 3.8) is 0 Å². The highest BCUT2D eigenvalue weighted by Crippen LogP contribution is 1.93. The van der Waals surface area contributed by atoms with Crippen LogP contribution in [0.25, 0.3) is 0 Å². The minimum absolute atomic E-state index is 0. The molecule has 0 bridgehead atoms. The first-order chi connectivity index (χ1) is 4.18. The van der Waals surface area contributed by atoms with Gasteiger partial charge in [0, 0.05) is 0 Å². The average molecular weight is 160 g/mol. The van der Waals surface area contributed by atoms with Crippen LogP contribution in [0.2, 0.25) is 0 Å². The molecule has 0 atom stereocenters. The molecule has 0 radical (unpaired) electrons. The lowest BCUT2D eigenvalue weighted by Gasteiger charge is -1.90. The molecular formula is C11H28. The molecule has 0 saturated carbocycles. The molecule has 0 aliphatic heterocycles. The zero-order valence-electron chi connectivity index (χ0n) is 7.44. The van der Waals surface area contributed by atoms with Gasteiger partial charge in [0.25, 0.3) is 0 Å². The van der Waals surface area contributed by atoms with Crippen LogP contribution in [0, 0.1) is 5.92 Å². The number of rotatable bonds is 1. The third kappa shape index (κ3) is 77.7. The Bertz CT molecular complexity index is 47.1. The summed E-state index contributed by atoms with van der Waals surface area (Å²) in [6.45, 7) is 10.6. The summed E-state index contributed by atoms with van der Waals surface area (Å²) in [5, 5.41) is 0. The van der Waals surface area contributed by atoms with Crippen LogP contribution in [0.3, 0.4) is 0 Å². The van der Waals surface area contributed by atoms with Gasteiger partial charge >= 0.3 is 0 Å². The van der Waals surface area contributed by atoms with Crippen LogP contribution in [0.4, 0.5) is 0 Å². The van der Waals surface area contributed by atoms with Crippen molar-refractivity contribution in [2.45, 2.75) is 55.9 Å².